The number of aliphatic hydroxyl groups is 1. The quantitative estimate of drug-likeness (QED) is 0.430. The van der Waals surface area contributed by atoms with E-state index >= 15 is 0 Å². The van der Waals surface area contributed by atoms with Gasteiger partial charge in [0.1, 0.15) is 16.2 Å². The summed E-state index contributed by atoms with van der Waals surface area (Å²) in [6.07, 6.45) is 5.92. The molecule has 0 aromatic heterocycles. The first kappa shape index (κ1) is 26.1. The van der Waals surface area contributed by atoms with Crippen LogP contribution in [0.1, 0.15) is 46.0 Å². The summed E-state index contributed by atoms with van der Waals surface area (Å²) < 4.78 is 55.9. The second kappa shape index (κ2) is 9.32. The van der Waals surface area contributed by atoms with Crippen molar-refractivity contribution in [1.29, 1.82) is 0 Å². The Kier molecular flexibility index (Phi) is 6.74. The summed E-state index contributed by atoms with van der Waals surface area (Å²) in [4.78, 5) is 15.8. The zero-order chi connectivity index (χ0) is 26.0. The normalized spacial score (nSPS) is 33.6. The van der Waals surface area contributed by atoms with Crippen molar-refractivity contribution in [3.05, 3.63) is 21.3 Å². The molecule has 200 valence electrons. The number of sulfonamides is 2. The SMILES string of the molecule is CC(C)CCN1C(=O)C(C2=NS(=O)(=O)C3=C(N2)SCC3CNS(C)(=O)=O)=C(O)C2C3CCC(CC3)C21. The highest BCUT2D eigenvalue weighted by atomic mass is 32.2. The van der Waals surface area contributed by atoms with Gasteiger partial charge in [-0.2, -0.15) is 8.42 Å². The Balaban J connectivity index is 1.50. The zero-order valence-corrected chi connectivity index (χ0v) is 23.2. The molecule has 36 heavy (non-hydrogen) atoms. The Morgan fingerprint density at radius 2 is 1.89 bits per heavy atom. The number of carbonyl (C=O) groups excluding carboxylic acids is 1. The van der Waals surface area contributed by atoms with E-state index in [9.17, 15) is 26.7 Å². The topological polar surface area (TPSA) is 145 Å². The first-order valence-corrected chi connectivity index (χ1v) is 16.9. The molecule has 3 saturated carbocycles. The minimum absolute atomic E-state index is 0.0296. The molecule has 3 aliphatic heterocycles. The smallest absolute Gasteiger partial charge is 0.283 e. The lowest BCUT2D eigenvalue weighted by molar-refractivity contribution is -0.139. The molecule has 10 nitrogen and oxygen atoms in total. The lowest BCUT2D eigenvalue weighted by atomic mass is 9.59. The van der Waals surface area contributed by atoms with Crippen molar-refractivity contribution >= 4 is 43.6 Å². The first-order valence-electron chi connectivity index (χ1n) is 12.6. The molecule has 0 aromatic carbocycles. The fourth-order valence-electron chi connectivity index (χ4n) is 6.43. The van der Waals surface area contributed by atoms with Crippen molar-refractivity contribution in [1.82, 2.24) is 14.9 Å². The van der Waals surface area contributed by atoms with Gasteiger partial charge in [0.15, 0.2) is 5.84 Å². The predicted molar refractivity (Wildman–Crippen MR) is 139 cm³/mol. The van der Waals surface area contributed by atoms with Gasteiger partial charge in [0.25, 0.3) is 15.9 Å². The van der Waals surface area contributed by atoms with E-state index < -0.39 is 26.0 Å². The van der Waals surface area contributed by atoms with Crippen LogP contribution < -0.4 is 10.0 Å². The molecule has 3 fully saturated rings. The Labute approximate surface area is 217 Å². The number of aliphatic hydroxyl groups excluding tert-OH is 1. The van der Waals surface area contributed by atoms with E-state index in [1.54, 1.807) is 0 Å². The van der Waals surface area contributed by atoms with E-state index in [4.69, 9.17) is 0 Å². The van der Waals surface area contributed by atoms with Gasteiger partial charge >= 0.3 is 0 Å². The summed E-state index contributed by atoms with van der Waals surface area (Å²) in [6, 6.07) is -0.0598. The van der Waals surface area contributed by atoms with Crippen LogP contribution in [0.3, 0.4) is 0 Å². The third-order valence-electron chi connectivity index (χ3n) is 8.10. The van der Waals surface area contributed by atoms with E-state index in [1.165, 1.54) is 11.8 Å². The van der Waals surface area contributed by atoms with E-state index in [0.29, 0.717) is 29.2 Å². The molecule has 3 aliphatic carbocycles. The number of thioether (sulfide) groups is 1. The summed E-state index contributed by atoms with van der Waals surface area (Å²) in [7, 11) is -7.66. The maximum Gasteiger partial charge on any atom is 0.283 e. The molecule has 3 N–H and O–H groups in total. The highest BCUT2D eigenvalue weighted by Crippen LogP contribution is 2.52. The molecular formula is C23H34N4O6S3. The molecule has 3 unspecified atom stereocenters. The average molecular weight is 559 g/mol. The number of fused-ring (bicyclic) bond motifs is 2. The number of nitrogens with zero attached hydrogens (tertiary/aromatic N) is 2. The molecule has 1 amide bonds. The van der Waals surface area contributed by atoms with Gasteiger partial charge in [-0.15, -0.1) is 16.2 Å². The van der Waals surface area contributed by atoms with Crippen LogP contribution in [0.2, 0.25) is 0 Å². The zero-order valence-electron chi connectivity index (χ0n) is 20.7. The van der Waals surface area contributed by atoms with Gasteiger partial charge in [0.05, 0.1) is 11.3 Å². The van der Waals surface area contributed by atoms with Gasteiger partial charge in [-0.1, -0.05) is 13.8 Å². The van der Waals surface area contributed by atoms with Crippen molar-refractivity contribution < 1.29 is 26.7 Å². The molecular weight excluding hydrogens is 524 g/mol. The van der Waals surface area contributed by atoms with Gasteiger partial charge < -0.3 is 15.3 Å². The van der Waals surface area contributed by atoms with E-state index in [2.05, 4.69) is 28.3 Å². The first-order chi connectivity index (χ1) is 16.9. The van der Waals surface area contributed by atoms with Crippen LogP contribution in [-0.2, 0) is 24.8 Å². The Morgan fingerprint density at radius 3 is 2.53 bits per heavy atom. The van der Waals surface area contributed by atoms with Crippen LogP contribution in [0.15, 0.2) is 25.7 Å². The number of nitrogens with one attached hydrogen (secondary N) is 2. The molecule has 6 aliphatic rings. The van der Waals surface area contributed by atoms with Crippen LogP contribution in [0, 0.1) is 29.6 Å². The third kappa shape index (κ3) is 4.60. The summed E-state index contributed by atoms with van der Waals surface area (Å²) in [5.41, 5.74) is -0.0407. The van der Waals surface area contributed by atoms with Crippen LogP contribution in [0.25, 0.3) is 0 Å². The van der Waals surface area contributed by atoms with Crippen molar-refractivity contribution in [3.63, 3.8) is 0 Å². The molecule has 6 rings (SSSR count). The minimum atomic E-state index is -4.17. The summed E-state index contributed by atoms with van der Waals surface area (Å²) in [6.45, 7) is 4.71. The summed E-state index contributed by atoms with van der Waals surface area (Å²) >= 11 is 1.25. The van der Waals surface area contributed by atoms with E-state index in [0.717, 1.165) is 38.4 Å². The van der Waals surface area contributed by atoms with Crippen LogP contribution in [-0.4, -0.2) is 69.7 Å². The molecule has 0 radical (unpaired) electrons. The summed E-state index contributed by atoms with van der Waals surface area (Å²) in [5, 5.41) is 14.8. The second-order valence-corrected chi connectivity index (χ2v) is 15.4. The number of hydrogen-bond acceptors (Lipinski definition) is 8. The van der Waals surface area contributed by atoms with Gasteiger partial charge in [0, 0.05) is 36.7 Å². The largest absolute Gasteiger partial charge is 0.511 e. The fourth-order valence-corrected chi connectivity index (χ4v) is 10.0. The number of hydrogen-bond donors (Lipinski definition) is 3. The Hall–Kier alpha value is -1.57. The molecule has 3 atom stereocenters. The van der Waals surface area contributed by atoms with Crippen molar-refractivity contribution in [3.8, 4) is 0 Å². The summed E-state index contributed by atoms with van der Waals surface area (Å²) in [5.74, 6) is 0.0299. The minimum Gasteiger partial charge on any atom is -0.511 e. The lowest BCUT2D eigenvalue weighted by Gasteiger charge is -2.55. The highest BCUT2D eigenvalue weighted by molar-refractivity contribution is 8.05. The maximum absolute atomic E-state index is 13.9. The molecule has 0 spiro atoms. The molecule has 0 aromatic rings. The van der Waals surface area contributed by atoms with Gasteiger partial charge in [-0.25, -0.2) is 13.1 Å². The predicted octanol–water partition coefficient (Wildman–Crippen LogP) is 1.90. The molecule has 2 bridgehead atoms. The van der Waals surface area contributed by atoms with Gasteiger partial charge in [0.2, 0.25) is 10.0 Å². The van der Waals surface area contributed by atoms with Crippen LogP contribution in [0.4, 0.5) is 0 Å². The average Bonchev–Trinajstić information content (AvgIpc) is 3.21. The Bertz CT molecular complexity index is 1260. The number of rotatable bonds is 7. The van der Waals surface area contributed by atoms with Crippen molar-refractivity contribution in [2.24, 2.45) is 34.0 Å². The number of amidine groups is 1. The van der Waals surface area contributed by atoms with Crippen LogP contribution >= 0.6 is 11.8 Å². The fraction of sp³-hybridized carbons (Fsp3) is 0.739. The van der Waals surface area contributed by atoms with Crippen LogP contribution in [0.5, 0.6) is 0 Å². The monoisotopic (exact) mass is 558 g/mol. The second-order valence-electron chi connectivity index (χ2n) is 11.0. The standard InChI is InChI=1S/C23H34N4O6S3/c1-12(2)8-9-27-18-14-6-4-13(5-7-14)16(18)19(28)17(23(27)29)21-25-22-20(36(32,33)26-21)15(11-34-22)10-24-35(3,30)31/h12-16,18,24,28H,4-11H2,1-3H3,(H,25,26). The van der Waals surface area contributed by atoms with Crippen molar-refractivity contribution in [2.75, 3.05) is 25.1 Å². The van der Waals surface area contributed by atoms with Gasteiger partial charge in [-0.3, -0.25) is 4.79 Å². The third-order valence-corrected chi connectivity index (χ3v) is 11.6. The Morgan fingerprint density at radius 1 is 1.22 bits per heavy atom. The number of carbonyl (C=O) groups is 1. The number of amides is 1. The highest BCUT2D eigenvalue weighted by Gasteiger charge is 2.54. The lowest BCUT2D eigenvalue weighted by Crippen LogP contribution is -2.60. The molecule has 3 heterocycles. The van der Waals surface area contributed by atoms with Crippen molar-refractivity contribution in [2.45, 2.75) is 52.0 Å². The maximum atomic E-state index is 13.9. The molecule has 0 saturated heterocycles. The van der Waals surface area contributed by atoms with Gasteiger partial charge in [-0.05, 0) is 49.9 Å². The van der Waals surface area contributed by atoms with E-state index in [1.807, 2.05) is 4.90 Å². The van der Waals surface area contributed by atoms with E-state index in [-0.39, 0.29) is 52.4 Å². The molecule has 13 heteroatoms.